The molecule has 1 aromatic carbocycles. The molecule has 1 aromatic rings. The van der Waals surface area contributed by atoms with Crippen molar-refractivity contribution in [3.05, 3.63) is 24.3 Å². The van der Waals surface area contributed by atoms with Gasteiger partial charge in [0.25, 0.3) is 0 Å². The molecule has 122 valence electrons. The second-order valence-corrected chi connectivity index (χ2v) is 9.96. The van der Waals surface area contributed by atoms with Gasteiger partial charge in [-0.15, -0.1) is 0 Å². The van der Waals surface area contributed by atoms with Gasteiger partial charge in [-0.3, -0.25) is 0 Å². The molecule has 0 spiro atoms. The number of hydrogen-bond acceptors (Lipinski definition) is 5. The van der Waals surface area contributed by atoms with Gasteiger partial charge in [0.05, 0.1) is 9.79 Å². The average molecular weight is 344 g/mol. The van der Waals surface area contributed by atoms with E-state index in [2.05, 4.69) is 5.32 Å². The molecule has 0 aromatic heterocycles. The van der Waals surface area contributed by atoms with Gasteiger partial charge in [-0.05, 0) is 49.6 Å². The molecule has 2 heterocycles. The first kappa shape index (κ1) is 15.9. The Morgan fingerprint density at radius 1 is 1.05 bits per heavy atom. The Labute approximate surface area is 131 Å². The standard InChI is InChI=1S/C14H20N2O4S2/c1-21(17,18)12-2-4-13(5-3-12)22(19,20)16-9-7-14-11(10-16)6-8-15-14/h2-5,11,14-15H,6-10H2,1H3. The number of piperidine rings is 1. The van der Waals surface area contributed by atoms with Crippen LogP contribution in [-0.4, -0.2) is 53.1 Å². The van der Waals surface area contributed by atoms with Crippen LogP contribution in [-0.2, 0) is 19.9 Å². The molecule has 2 fully saturated rings. The van der Waals surface area contributed by atoms with Crippen LogP contribution >= 0.6 is 0 Å². The van der Waals surface area contributed by atoms with E-state index in [0.717, 1.165) is 25.6 Å². The van der Waals surface area contributed by atoms with Gasteiger partial charge < -0.3 is 5.32 Å². The SMILES string of the molecule is CS(=O)(=O)c1ccc(S(=O)(=O)N2CCC3NCCC3C2)cc1. The van der Waals surface area contributed by atoms with Crippen molar-refractivity contribution in [2.24, 2.45) is 5.92 Å². The highest BCUT2D eigenvalue weighted by Crippen LogP contribution is 2.28. The van der Waals surface area contributed by atoms with Crippen LogP contribution in [0.1, 0.15) is 12.8 Å². The maximum atomic E-state index is 12.7. The maximum Gasteiger partial charge on any atom is 0.243 e. The van der Waals surface area contributed by atoms with Crippen molar-refractivity contribution in [2.75, 3.05) is 25.9 Å². The number of rotatable bonds is 3. The molecule has 6 nitrogen and oxygen atoms in total. The Morgan fingerprint density at radius 2 is 1.68 bits per heavy atom. The largest absolute Gasteiger partial charge is 0.314 e. The summed E-state index contributed by atoms with van der Waals surface area (Å²) in [6.07, 6.45) is 2.93. The third-order valence-electron chi connectivity index (χ3n) is 4.51. The number of sulfone groups is 1. The summed E-state index contributed by atoms with van der Waals surface area (Å²) in [6, 6.07) is 5.90. The van der Waals surface area contributed by atoms with Crippen LogP contribution in [0.2, 0.25) is 0 Å². The summed E-state index contributed by atoms with van der Waals surface area (Å²) in [5.74, 6) is 0.374. The fraction of sp³-hybridized carbons (Fsp3) is 0.571. The zero-order valence-electron chi connectivity index (χ0n) is 12.4. The lowest BCUT2D eigenvalue weighted by Crippen LogP contribution is -2.46. The van der Waals surface area contributed by atoms with Gasteiger partial charge in [0.2, 0.25) is 10.0 Å². The van der Waals surface area contributed by atoms with Crippen LogP contribution in [0.15, 0.2) is 34.1 Å². The first-order valence-electron chi connectivity index (χ1n) is 7.32. The third kappa shape index (κ3) is 2.92. The van der Waals surface area contributed by atoms with Crippen LogP contribution in [0.4, 0.5) is 0 Å². The molecule has 0 bridgehead atoms. The number of fused-ring (bicyclic) bond motifs is 1. The van der Waals surface area contributed by atoms with Gasteiger partial charge in [0, 0.05) is 25.4 Å². The smallest absolute Gasteiger partial charge is 0.243 e. The highest BCUT2D eigenvalue weighted by molar-refractivity contribution is 7.90. The molecule has 0 amide bonds. The van der Waals surface area contributed by atoms with E-state index in [1.54, 1.807) is 0 Å². The van der Waals surface area contributed by atoms with Crippen LogP contribution < -0.4 is 5.32 Å². The summed E-state index contributed by atoms with van der Waals surface area (Å²) in [6.45, 7) is 1.99. The van der Waals surface area contributed by atoms with E-state index in [4.69, 9.17) is 0 Å². The first-order chi connectivity index (χ1) is 10.3. The summed E-state index contributed by atoms with van der Waals surface area (Å²) in [4.78, 5) is 0.287. The van der Waals surface area contributed by atoms with Crippen molar-refractivity contribution in [2.45, 2.75) is 28.7 Å². The minimum absolute atomic E-state index is 0.130. The van der Waals surface area contributed by atoms with Crippen molar-refractivity contribution < 1.29 is 16.8 Å². The molecule has 8 heteroatoms. The molecule has 3 rings (SSSR count). The fourth-order valence-corrected chi connectivity index (χ4v) is 5.38. The zero-order valence-corrected chi connectivity index (χ0v) is 14.0. The molecule has 0 radical (unpaired) electrons. The molecule has 2 unspecified atom stereocenters. The molecule has 2 aliphatic heterocycles. The van der Waals surface area contributed by atoms with Crippen molar-refractivity contribution in [1.29, 1.82) is 0 Å². The summed E-state index contributed by atoms with van der Waals surface area (Å²) in [7, 11) is -6.87. The van der Waals surface area contributed by atoms with E-state index in [1.807, 2.05) is 0 Å². The minimum atomic E-state index is -3.55. The monoisotopic (exact) mass is 344 g/mol. The molecule has 0 saturated carbocycles. The topological polar surface area (TPSA) is 83.5 Å². The van der Waals surface area contributed by atoms with Gasteiger partial charge in [0.15, 0.2) is 9.84 Å². The van der Waals surface area contributed by atoms with Crippen LogP contribution in [0.5, 0.6) is 0 Å². The molecule has 2 atom stereocenters. The summed E-state index contributed by atoms with van der Waals surface area (Å²) in [5.41, 5.74) is 0. The van der Waals surface area contributed by atoms with Crippen molar-refractivity contribution in [1.82, 2.24) is 9.62 Å². The van der Waals surface area contributed by atoms with E-state index in [-0.39, 0.29) is 9.79 Å². The van der Waals surface area contributed by atoms with Crippen molar-refractivity contribution in [3.63, 3.8) is 0 Å². The highest BCUT2D eigenvalue weighted by Gasteiger charge is 2.37. The predicted molar refractivity (Wildman–Crippen MR) is 82.8 cm³/mol. The van der Waals surface area contributed by atoms with Crippen LogP contribution in [0.3, 0.4) is 0 Å². The Bertz CT molecular complexity index is 757. The molecule has 2 aliphatic rings. The van der Waals surface area contributed by atoms with Gasteiger partial charge in [-0.2, -0.15) is 4.31 Å². The van der Waals surface area contributed by atoms with E-state index < -0.39 is 19.9 Å². The first-order valence-corrected chi connectivity index (χ1v) is 10.7. The number of nitrogens with zero attached hydrogens (tertiary/aromatic N) is 1. The summed E-state index contributed by atoms with van der Waals surface area (Å²) in [5, 5.41) is 3.41. The van der Waals surface area contributed by atoms with Gasteiger partial charge >= 0.3 is 0 Å². The quantitative estimate of drug-likeness (QED) is 0.861. The molecule has 1 N–H and O–H groups in total. The number of sulfonamides is 1. The molecule has 0 aliphatic carbocycles. The van der Waals surface area contributed by atoms with Gasteiger partial charge in [-0.1, -0.05) is 0 Å². The van der Waals surface area contributed by atoms with E-state index >= 15 is 0 Å². The Kier molecular flexibility index (Phi) is 4.05. The maximum absolute atomic E-state index is 12.7. The lowest BCUT2D eigenvalue weighted by atomic mass is 9.95. The van der Waals surface area contributed by atoms with E-state index in [9.17, 15) is 16.8 Å². The molecular weight excluding hydrogens is 324 g/mol. The Balaban J connectivity index is 1.83. The average Bonchev–Trinajstić information content (AvgIpc) is 2.94. The minimum Gasteiger partial charge on any atom is -0.314 e. The van der Waals surface area contributed by atoms with E-state index in [0.29, 0.717) is 25.0 Å². The number of benzene rings is 1. The normalized spacial score (nSPS) is 26.8. The molecule has 2 saturated heterocycles. The third-order valence-corrected chi connectivity index (χ3v) is 7.52. The summed E-state index contributed by atoms with van der Waals surface area (Å²) >= 11 is 0. The number of nitrogens with one attached hydrogen (secondary N) is 1. The van der Waals surface area contributed by atoms with E-state index in [1.165, 1.54) is 28.6 Å². The second kappa shape index (κ2) is 5.59. The lowest BCUT2D eigenvalue weighted by Gasteiger charge is -2.34. The van der Waals surface area contributed by atoms with Crippen LogP contribution in [0, 0.1) is 5.92 Å². The zero-order chi connectivity index (χ0) is 16.0. The second-order valence-electron chi connectivity index (χ2n) is 6.00. The highest BCUT2D eigenvalue weighted by atomic mass is 32.2. The molecular formula is C14H20N2O4S2. The van der Waals surface area contributed by atoms with Crippen molar-refractivity contribution >= 4 is 19.9 Å². The summed E-state index contributed by atoms with van der Waals surface area (Å²) < 4.78 is 49.8. The van der Waals surface area contributed by atoms with Crippen molar-refractivity contribution in [3.8, 4) is 0 Å². The van der Waals surface area contributed by atoms with Gasteiger partial charge in [0.1, 0.15) is 0 Å². The molecule has 22 heavy (non-hydrogen) atoms. The lowest BCUT2D eigenvalue weighted by molar-refractivity contribution is 0.247. The van der Waals surface area contributed by atoms with Crippen LogP contribution in [0.25, 0.3) is 0 Å². The Morgan fingerprint density at radius 3 is 2.32 bits per heavy atom. The number of hydrogen-bond donors (Lipinski definition) is 1. The Hall–Kier alpha value is -0.960. The fourth-order valence-electron chi connectivity index (χ4n) is 3.24. The predicted octanol–water partition coefficient (Wildman–Crippen LogP) is 0.463. The van der Waals surface area contributed by atoms with Gasteiger partial charge in [-0.25, -0.2) is 16.8 Å².